The van der Waals surface area contributed by atoms with Crippen molar-refractivity contribution in [2.45, 2.75) is 31.7 Å². The van der Waals surface area contributed by atoms with Gasteiger partial charge >= 0.3 is 0 Å². The molecule has 0 radical (unpaired) electrons. The molecule has 1 nitrogen and oxygen atoms in total. The molecule has 21 heavy (non-hydrogen) atoms. The van der Waals surface area contributed by atoms with Crippen molar-refractivity contribution < 1.29 is 0 Å². The van der Waals surface area contributed by atoms with Gasteiger partial charge in [0.1, 0.15) is 0 Å². The topological polar surface area (TPSA) is 12.0 Å². The predicted octanol–water partition coefficient (Wildman–Crippen LogP) is 5.59. The van der Waals surface area contributed by atoms with Crippen LogP contribution in [-0.4, -0.2) is 6.54 Å². The van der Waals surface area contributed by atoms with Crippen molar-refractivity contribution in [3.63, 3.8) is 0 Å². The zero-order valence-electron chi connectivity index (χ0n) is 12.1. The highest BCUT2D eigenvalue weighted by Crippen LogP contribution is 2.42. The molecule has 0 aliphatic heterocycles. The smallest absolute Gasteiger partial charge is 0.0337 e. The second-order valence-electron chi connectivity index (χ2n) is 5.61. The minimum absolute atomic E-state index is 0.389. The summed E-state index contributed by atoms with van der Waals surface area (Å²) < 4.78 is 2.32. The summed E-state index contributed by atoms with van der Waals surface area (Å²) in [6.45, 7) is 3.16. The summed E-state index contributed by atoms with van der Waals surface area (Å²) >= 11 is 7.29. The highest BCUT2D eigenvalue weighted by atomic mass is 79.9. The summed E-state index contributed by atoms with van der Waals surface area (Å²) in [5, 5.41) is 3.65. The lowest BCUT2D eigenvalue weighted by atomic mass is 9.74. The van der Waals surface area contributed by atoms with Crippen molar-refractivity contribution in [3.05, 3.63) is 68.1 Å². The predicted molar refractivity (Wildman–Crippen MR) is 95.8 cm³/mol. The molecule has 1 aliphatic carbocycles. The van der Waals surface area contributed by atoms with Crippen LogP contribution in [0.2, 0.25) is 0 Å². The molecule has 1 aliphatic rings. The summed E-state index contributed by atoms with van der Waals surface area (Å²) in [6.07, 6.45) is 2.36. The Kier molecular flexibility index (Phi) is 4.82. The highest BCUT2D eigenvalue weighted by Gasteiger charge is 2.29. The average Bonchev–Trinajstić information content (AvgIpc) is 2.46. The van der Waals surface area contributed by atoms with Crippen LogP contribution in [0.1, 0.15) is 42.0 Å². The quantitative estimate of drug-likeness (QED) is 0.679. The van der Waals surface area contributed by atoms with Gasteiger partial charge in [-0.25, -0.2) is 0 Å². The number of hydrogen-bond acceptors (Lipinski definition) is 1. The Hall–Kier alpha value is -0.640. The molecular weight excluding hydrogens is 390 g/mol. The van der Waals surface area contributed by atoms with Crippen molar-refractivity contribution in [3.8, 4) is 0 Å². The first-order chi connectivity index (χ1) is 10.2. The molecule has 0 bridgehead atoms. The highest BCUT2D eigenvalue weighted by molar-refractivity contribution is 9.11. The second kappa shape index (κ2) is 6.64. The first kappa shape index (κ1) is 15.3. The fraction of sp³-hybridized carbons (Fsp3) is 0.333. The van der Waals surface area contributed by atoms with E-state index in [1.807, 2.05) is 0 Å². The van der Waals surface area contributed by atoms with Crippen molar-refractivity contribution in [2.75, 3.05) is 6.54 Å². The summed E-state index contributed by atoms with van der Waals surface area (Å²) in [5.74, 6) is 0.677. The third-order valence-corrected chi connectivity index (χ3v) is 5.48. The maximum absolute atomic E-state index is 3.70. The van der Waals surface area contributed by atoms with E-state index in [4.69, 9.17) is 0 Å². The molecule has 2 aromatic carbocycles. The molecule has 110 valence electrons. The Bertz CT molecular complexity index is 639. The molecule has 2 unspecified atom stereocenters. The van der Waals surface area contributed by atoms with Gasteiger partial charge in [-0.05, 0) is 60.2 Å². The van der Waals surface area contributed by atoms with Gasteiger partial charge in [0.15, 0.2) is 0 Å². The van der Waals surface area contributed by atoms with Gasteiger partial charge in [-0.1, -0.05) is 63.0 Å². The van der Waals surface area contributed by atoms with Gasteiger partial charge in [0.25, 0.3) is 0 Å². The summed E-state index contributed by atoms with van der Waals surface area (Å²) in [7, 11) is 0. The molecule has 2 aromatic rings. The van der Waals surface area contributed by atoms with Crippen molar-refractivity contribution >= 4 is 31.9 Å². The number of fused-ring (bicyclic) bond motifs is 1. The van der Waals surface area contributed by atoms with Gasteiger partial charge in [-0.2, -0.15) is 0 Å². The largest absolute Gasteiger partial charge is 0.310 e. The fourth-order valence-corrected chi connectivity index (χ4v) is 4.11. The Morgan fingerprint density at radius 1 is 1.19 bits per heavy atom. The molecule has 0 spiro atoms. The minimum atomic E-state index is 0.389. The van der Waals surface area contributed by atoms with Crippen LogP contribution in [0.25, 0.3) is 0 Å². The molecule has 0 fully saturated rings. The van der Waals surface area contributed by atoms with Gasteiger partial charge < -0.3 is 5.32 Å². The van der Waals surface area contributed by atoms with E-state index in [2.05, 4.69) is 86.6 Å². The number of rotatable bonds is 5. The van der Waals surface area contributed by atoms with Crippen molar-refractivity contribution in [1.29, 1.82) is 0 Å². The molecular formula is C18H19Br2N. The van der Waals surface area contributed by atoms with E-state index in [0.717, 1.165) is 17.4 Å². The molecule has 0 saturated heterocycles. The maximum atomic E-state index is 3.70. The zero-order valence-corrected chi connectivity index (χ0v) is 15.2. The van der Waals surface area contributed by atoms with Gasteiger partial charge in [-0.15, -0.1) is 0 Å². The minimum Gasteiger partial charge on any atom is -0.310 e. The molecule has 0 amide bonds. The van der Waals surface area contributed by atoms with Crippen LogP contribution in [0.4, 0.5) is 0 Å². The maximum Gasteiger partial charge on any atom is 0.0337 e. The molecule has 0 saturated carbocycles. The summed E-state index contributed by atoms with van der Waals surface area (Å²) in [4.78, 5) is 0. The van der Waals surface area contributed by atoms with E-state index in [1.54, 1.807) is 0 Å². The number of hydrogen-bond donors (Lipinski definition) is 1. The van der Waals surface area contributed by atoms with Gasteiger partial charge in [0, 0.05) is 15.0 Å². The second-order valence-corrected chi connectivity index (χ2v) is 7.38. The number of benzene rings is 2. The van der Waals surface area contributed by atoms with Crippen LogP contribution in [-0.2, 0) is 6.42 Å². The van der Waals surface area contributed by atoms with Gasteiger partial charge in [-0.3, -0.25) is 0 Å². The number of nitrogens with one attached hydrogen (secondary N) is 1. The monoisotopic (exact) mass is 407 g/mol. The normalized spacial score (nSPS) is 18.0. The molecule has 1 N–H and O–H groups in total. The van der Waals surface area contributed by atoms with Crippen LogP contribution >= 0.6 is 31.9 Å². The van der Waals surface area contributed by atoms with Crippen LogP contribution in [0.15, 0.2) is 51.4 Å². The van der Waals surface area contributed by atoms with Gasteiger partial charge in [0.2, 0.25) is 0 Å². The molecule has 2 atom stereocenters. The lowest BCUT2D eigenvalue weighted by molar-refractivity contribution is 0.435. The zero-order chi connectivity index (χ0) is 14.8. The SMILES string of the molecule is CCNC(CC1Cc2ccccc21)c1cc(Br)ccc1Br. The van der Waals surface area contributed by atoms with Crippen molar-refractivity contribution in [1.82, 2.24) is 5.32 Å². The standard InChI is InChI=1S/C18H19Br2N/c1-2-21-18(16-11-14(19)7-8-17(16)20)10-13-9-12-5-3-4-6-15(12)13/h3-8,11,13,18,21H,2,9-10H2,1H3. The Balaban J connectivity index is 1.81. The van der Waals surface area contributed by atoms with Crippen LogP contribution < -0.4 is 5.32 Å². The van der Waals surface area contributed by atoms with E-state index >= 15 is 0 Å². The van der Waals surface area contributed by atoms with E-state index in [0.29, 0.717) is 12.0 Å². The lowest BCUT2D eigenvalue weighted by Gasteiger charge is -2.34. The summed E-state index contributed by atoms with van der Waals surface area (Å²) in [6, 6.07) is 15.6. The summed E-state index contributed by atoms with van der Waals surface area (Å²) in [5.41, 5.74) is 4.40. The third kappa shape index (κ3) is 3.25. The van der Waals surface area contributed by atoms with Crippen molar-refractivity contribution in [2.24, 2.45) is 0 Å². The fourth-order valence-electron chi connectivity index (χ4n) is 3.21. The Morgan fingerprint density at radius 2 is 2.00 bits per heavy atom. The Labute approximate surface area is 143 Å². The van der Waals surface area contributed by atoms with Crippen LogP contribution in [0.5, 0.6) is 0 Å². The van der Waals surface area contributed by atoms with Gasteiger partial charge in [0.05, 0.1) is 0 Å². The molecule has 0 heterocycles. The van der Waals surface area contributed by atoms with E-state index < -0.39 is 0 Å². The van der Waals surface area contributed by atoms with Crippen LogP contribution in [0.3, 0.4) is 0 Å². The third-order valence-electron chi connectivity index (χ3n) is 4.27. The molecule has 0 aromatic heterocycles. The Morgan fingerprint density at radius 3 is 2.76 bits per heavy atom. The molecule has 3 heteroatoms. The average molecular weight is 409 g/mol. The molecule has 3 rings (SSSR count). The van der Waals surface area contributed by atoms with E-state index in [-0.39, 0.29) is 0 Å². The first-order valence-electron chi connectivity index (χ1n) is 7.45. The lowest BCUT2D eigenvalue weighted by Crippen LogP contribution is -2.27. The van der Waals surface area contributed by atoms with E-state index in [9.17, 15) is 0 Å². The first-order valence-corrected chi connectivity index (χ1v) is 9.03. The number of halogens is 2. The van der Waals surface area contributed by atoms with E-state index in [1.165, 1.54) is 27.6 Å². The van der Waals surface area contributed by atoms with Crippen LogP contribution in [0, 0.1) is 0 Å².